The van der Waals surface area contributed by atoms with Crippen LogP contribution in [0.1, 0.15) is 51.0 Å². The van der Waals surface area contributed by atoms with Crippen molar-refractivity contribution in [2.45, 2.75) is 76.2 Å². The molecule has 4 rings (SSSR count). The molecule has 204 valence electrons. The van der Waals surface area contributed by atoms with Gasteiger partial charge in [-0.05, 0) is 44.7 Å². The minimum absolute atomic E-state index is 0.0906. The van der Waals surface area contributed by atoms with Gasteiger partial charge in [0.2, 0.25) is 17.7 Å². The number of hydrogen-bond acceptors (Lipinski definition) is 6. The summed E-state index contributed by atoms with van der Waals surface area (Å²) in [6, 6.07) is 8.72. The highest BCUT2D eigenvalue weighted by molar-refractivity contribution is 5.93. The molecule has 37 heavy (non-hydrogen) atoms. The average Bonchev–Trinajstić information content (AvgIpc) is 3.32. The molecular weight excluding hydrogens is 470 g/mol. The number of likely N-dealkylation sites (N-methyl/N-ethyl adjacent to an activating group) is 1. The van der Waals surface area contributed by atoms with Crippen LogP contribution in [-0.4, -0.2) is 91.6 Å². The Bertz CT molecular complexity index is 907. The van der Waals surface area contributed by atoms with Crippen LogP contribution in [-0.2, 0) is 25.7 Å². The van der Waals surface area contributed by atoms with E-state index in [-0.39, 0.29) is 42.3 Å². The normalized spacial score (nSPS) is 25.4. The molecule has 1 aliphatic carbocycles. The van der Waals surface area contributed by atoms with Gasteiger partial charge in [0.25, 0.3) is 0 Å². The summed E-state index contributed by atoms with van der Waals surface area (Å²) in [6.07, 6.45) is 6.06. The van der Waals surface area contributed by atoms with Crippen LogP contribution in [0.4, 0.5) is 0 Å². The van der Waals surface area contributed by atoms with E-state index < -0.39 is 12.1 Å². The first-order chi connectivity index (χ1) is 18.0. The number of benzene rings is 1. The van der Waals surface area contributed by atoms with Crippen LogP contribution in [0.3, 0.4) is 0 Å². The summed E-state index contributed by atoms with van der Waals surface area (Å²) in [5.74, 6) is -0.379. The fourth-order valence-electron chi connectivity index (χ4n) is 6.17. The van der Waals surface area contributed by atoms with Gasteiger partial charge in [-0.15, -0.1) is 0 Å². The first kappa shape index (κ1) is 27.5. The molecular formula is C28H43N5O4. The average molecular weight is 514 g/mol. The lowest BCUT2D eigenvalue weighted by molar-refractivity contribution is -0.149. The van der Waals surface area contributed by atoms with Crippen LogP contribution < -0.4 is 16.0 Å². The van der Waals surface area contributed by atoms with Crippen molar-refractivity contribution in [2.24, 2.45) is 5.92 Å². The van der Waals surface area contributed by atoms with Crippen LogP contribution in [0, 0.1) is 5.92 Å². The van der Waals surface area contributed by atoms with Crippen molar-refractivity contribution >= 4 is 17.7 Å². The molecule has 1 aromatic rings. The number of ether oxygens (including phenoxy) is 1. The molecule has 1 saturated carbocycles. The van der Waals surface area contributed by atoms with Crippen molar-refractivity contribution in [3.8, 4) is 0 Å². The number of fused-ring (bicyclic) bond motifs is 1. The van der Waals surface area contributed by atoms with Gasteiger partial charge >= 0.3 is 0 Å². The Labute approximate surface area is 220 Å². The molecule has 0 radical (unpaired) electrons. The molecule has 9 nitrogen and oxygen atoms in total. The molecule has 3 N–H and O–H groups in total. The fourth-order valence-corrected chi connectivity index (χ4v) is 6.17. The minimum atomic E-state index is -0.611. The summed E-state index contributed by atoms with van der Waals surface area (Å²) in [7, 11) is 1.72. The van der Waals surface area contributed by atoms with Gasteiger partial charge in [0, 0.05) is 38.8 Å². The summed E-state index contributed by atoms with van der Waals surface area (Å²) in [4.78, 5) is 44.4. The smallest absolute Gasteiger partial charge is 0.246 e. The van der Waals surface area contributed by atoms with Crippen LogP contribution in [0.25, 0.3) is 0 Å². The quantitative estimate of drug-likeness (QED) is 0.436. The van der Waals surface area contributed by atoms with Crippen molar-refractivity contribution in [1.82, 2.24) is 25.8 Å². The van der Waals surface area contributed by atoms with Crippen LogP contribution >= 0.6 is 0 Å². The van der Waals surface area contributed by atoms with Gasteiger partial charge < -0.3 is 25.6 Å². The zero-order chi connectivity index (χ0) is 26.2. The third kappa shape index (κ3) is 7.09. The molecule has 3 fully saturated rings. The maximum Gasteiger partial charge on any atom is 0.246 e. The van der Waals surface area contributed by atoms with E-state index in [4.69, 9.17) is 4.74 Å². The van der Waals surface area contributed by atoms with Crippen LogP contribution in [0.5, 0.6) is 0 Å². The summed E-state index contributed by atoms with van der Waals surface area (Å²) in [5, 5.41) is 8.97. The van der Waals surface area contributed by atoms with Crippen molar-refractivity contribution in [2.75, 3.05) is 39.8 Å². The summed E-state index contributed by atoms with van der Waals surface area (Å²) in [6.45, 7) is 4.93. The standard InChI is InChI=1S/C28H43N5O4/c1-3-37-23-14-22-17-33(28(36)26(31-25(34)16-29-2)21-12-8-5-9-13-21)24(19-32(22)18-23)27(35)30-15-20-10-6-4-7-11-20/h4,6-7,10-11,21-24,26,29H,3,5,8-9,12-19H2,1-2H3,(H,30,35)(H,31,34). The van der Waals surface area contributed by atoms with Crippen molar-refractivity contribution in [3.63, 3.8) is 0 Å². The summed E-state index contributed by atoms with van der Waals surface area (Å²) >= 11 is 0. The third-order valence-corrected chi connectivity index (χ3v) is 8.02. The van der Waals surface area contributed by atoms with Gasteiger partial charge in [-0.3, -0.25) is 19.3 Å². The Hall–Kier alpha value is -2.49. The van der Waals surface area contributed by atoms with Crippen molar-refractivity contribution < 1.29 is 19.1 Å². The second kappa shape index (κ2) is 13.3. The largest absolute Gasteiger partial charge is 0.377 e. The molecule has 2 heterocycles. The van der Waals surface area contributed by atoms with Crippen LogP contribution in [0.2, 0.25) is 0 Å². The Morgan fingerprint density at radius 2 is 1.81 bits per heavy atom. The number of carbonyl (C=O) groups is 3. The van der Waals surface area contributed by atoms with Gasteiger partial charge in [-0.25, -0.2) is 0 Å². The highest BCUT2D eigenvalue weighted by Crippen LogP contribution is 2.31. The SMILES string of the molecule is CCOC1CC2CN(C(=O)C(NC(=O)CNC)C3CCCCC3)C(C(=O)NCc3ccccc3)CN2C1. The molecule has 3 amide bonds. The van der Waals surface area contributed by atoms with E-state index >= 15 is 0 Å². The van der Waals surface area contributed by atoms with Crippen molar-refractivity contribution in [1.29, 1.82) is 0 Å². The number of nitrogens with one attached hydrogen (secondary N) is 3. The van der Waals surface area contributed by atoms with Crippen LogP contribution in [0.15, 0.2) is 30.3 Å². The number of carbonyl (C=O) groups excluding carboxylic acids is 3. The molecule has 0 spiro atoms. The first-order valence-electron chi connectivity index (χ1n) is 13.9. The second-order valence-electron chi connectivity index (χ2n) is 10.6. The molecule has 0 bridgehead atoms. The zero-order valence-electron chi connectivity index (χ0n) is 22.3. The highest BCUT2D eigenvalue weighted by atomic mass is 16.5. The monoisotopic (exact) mass is 513 g/mol. The van der Waals surface area contributed by atoms with E-state index in [0.29, 0.717) is 26.2 Å². The zero-order valence-corrected chi connectivity index (χ0v) is 22.3. The Kier molecular flexibility index (Phi) is 9.94. The maximum atomic E-state index is 14.2. The Balaban J connectivity index is 1.54. The molecule has 4 unspecified atom stereocenters. The molecule has 9 heteroatoms. The second-order valence-corrected chi connectivity index (χ2v) is 10.6. The summed E-state index contributed by atoms with van der Waals surface area (Å²) in [5.41, 5.74) is 1.01. The topological polar surface area (TPSA) is 103 Å². The number of hydrogen-bond donors (Lipinski definition) is 3. The van der Waals surface area contributed by atoms with E-state index in [2.05, 4.69) is 20.9 Å². The number of amides is 3. The van der Waals surface area contributed by atoms with Gasteiger partial charge in [-0.1, -0.05) is 49.6 Å². The fraction of sp³-hybridized carbons (Fsp3) is 0.679. The lowest BCUT2D eigenvalue weighted by Gasteiger charge is -2.45. The van der Waals surface area contributed by atoms with Gasteiger partial charge in [0.15, 0.2) is 0 Å². The lowest BCUT2D eigenvalue weighted by Crippen LogP contribution is -2.66. The van der Waals surface area contributed by atoms with Gasteiger partial charge in [0.1, 0.15) is 12.1 Å². The van der Waals surface area contributed by atoms with E-state index in [0.717, 1.165) is 50.6 Å². The minimum Gasteiger partial charge on any atom is -0.377 e. The molecule has 2 aliphatic heterocycles. The predicted molar refractivity (Wildman–Crippen MR) is 142 cm³/mol. The molecule has 0 aromatic heterocycles. The van der Waals surface area contributed by atoms with E-state index in [1.165, 1.54) is 0 Å². The number of nitrogens with zero attached hydrogens (tertiary/aromatic N) is 2. The maximum absolute atomic E-state index is 14.2. The molecule has 4 atom stereocenters. The van der Waals surface area contributed by atoms with Gasteiger partial charge in [-0.2, -0.15) is 0 Å². The predicted octanol–water partition coefficient (Wildman–Crippen LogP) is 1.28. The third-order valence-electron chi connectivity index (χ3n) is 8.02. The molecule has 3 aliphatic rings. The van der Waals surface area contributed by atoms with E-state index in [9.17, 15) is 14.4 Å². The number of rotatable bonds is 10. The Morgan fingerprint density at radius 3 is 2.51 bits per heavy atom. The molecule has 1 aromatic carbocycles. The van der Waals surface area contributed by atoms with Gasteiger partial charge in [0.05, 0.1) is 12.6 Å². The Morgan fingerprint density at radius 1 is 1.05 bits per heavy atom. The van der Waals surface area contributed by atoms with E-state index in [1.807, 2.05) is 37.3 Å². The summed E-state index contributed by atoms with van der Waals surface area (Å²) < 4.78 is 5.90. The number of piperazine rings is 1. The lowest BCUT2D eigenvalue weighted by atomic mass is 9.83. The first-order valence-corrected chi connectivity index (χ1v) is 13.9. The molecule has 2 saturated heterocycles. The van der Waals surface area contributed by atoms with E-state index in [1.54, 1.807) is 11.9 Å². The highest BCUT2D eigenvalue weighted by Gasteiger charge is 2.47. The van der Waals surface area contributed by atoms with Crippen molar-refractivity contribution in [3.05, 3.63) is 35.9 Å².